The number of carbonyl (C=O) groups excluding carboxylic acids is 1. The highest BCUT2D eigenvalue weighted by Crippen LogP contribution is 2.33. The van der Waals surface area contributed by atoms with Gasteiger partial charge in [0.25, 0.3) is 0 Å². The number of halogens is 1. The minimum Gasteiger partial charge on any atom is -0.493 e. The molecule has 0 radical (unpaired) electrons. The number of amides is 1. The van der Waals surface area contributed by atoms with Crippen LogP contribution in [0.2, 0.25) is 0 Å². The molecule has 0 fully saturated rings. The highest BCUT2D eigenvalue weighted by molar-refractivity contribution is 9.10. The third-order valence-corrected chi connectivity index (χ3v) is 3.99. The van der Waals surface area contributed by atoms with Crippen molar-refractivity contribution in [3.05, 3.63) is 46.3 Å². The Morgan fingerprint density at radius 1 is 1.32 bits per heavy atom. The normalized spacial score (nSPS) is 11.8. The number of methoxy groups -OCH3 is 2. The molecule has 0 aliphatic heterocycles. The first-order valence-corrected chi connectivity index (χ1v) is 7.57. The fraction of sp³-hybridized carbons (Fsp3) is 0.312. The van der Waals surface area contributed by atoms with Gasteiger partial charge in [-0.3, -0.25) is 4.79 Å². The standard InChI is InChI=1S/C16H18BrNO4/c1-10(13-5-4-6-22-13)18-16(19)8-11-7-14(20-2)15(21-3)9-12(11)17/h4-7,9-10H,8H2,1-3H3,(H,18,19)/t10-/m0/s1. The average molecular weight is 368 g/mol. The Bertz CT molecular complexity index is 640. The van der Waals surface area contributed by atoms with E-state index in [1.54, 1.807) is 38.7 Å². The Labute approximate surface area is 137 Å². The van der Waals surface area contributed by atoms with Crippen LogP contribution in [0.5, 0.6) is 11.5 Å². The molecule has 0 unspecified atom stereocenters. The molecule has 6 heteroatoms. The summed E-state index contributed by atoms with van der Waals surface area (Å²) in [5.41, 5.74) is 0.821. The van der Waals surface area contributed by atoms with Crippen LogP contribution in [-0.2, 0) is 11.2 Å². The second-order valence-electron chi connectivity index (χ2n) is 4.78. The molecule has 1 N–H and O–H groups in total. The predicted octanol–water partition coefficient (Wildman–Crippen LogP) is 3.48. The Kier molecular flexibility index (Phi) is 5.49. The lowest BCUT2D eigenvalue weighted by Gasteiger charge is -2.14. The lowest BCUT2D eigenvalue weighted by atomic mass is 10.1. The second kappa shape index (κ2) is 7.35. The van der Waals surface area contributed by atoms with Crippen LogP contribution in [0.4, 0.5) is 0 Å². The van der Waals surface area contributed by atoms with Crippen molar-refractivity contribution in [2.24, 2.45) is 0 Å². The molecule has 1 heterocycles. The van der Waals surface area contributed by atoms with Crippen LogP contribution in [0.15, 0.2) is 39.4 Å². The summed E-state index contributed by atoms with van der Waals surface area (Å²) in [5.74, 6) is 1.83. The van der Waals surface area contributed by atoms with Gasteiger partial charge in [-0.2, -0.15) is 0 Å². The van der Waals surface area contributed by atoms with E-state index in [0.717, 1.165) is 15.8 Å². The van der Waals surface area contributed by atoms with Crippen molar-refractivity contribution in [3.8, 4) is 11.5 Å². The third kappa shape index (κ3) is 3.82. The van der Waals surface area contributed by atoms with Crippen LogP contribution in [0.25, 0.3) is 0 Å². The molecule has 1 amide bonds. The summed E-state index contributed by atoms with van der Waals surface area (Å²) in [4.78, 5) is 12.2. The van der Waals surface area contributed by atoms with Gasteiger partial charge < -0.3 is 19.2 Å². The van der Waals surface area contributed by atoms with Gasteiger partial charge in [0.15, 0.2) is 11.5 Å². The molecule has 1 aromatic heterocycles. The summed E-state index contributed by atoms with van der Waals surface area (Å²) >= 11 is 3.45. The van der Waals surface area contributed by atoms with Crippen LogP contribution in [0.3, 0.4) is 0 Å². The van der Waals surface area contributed by atoms with E-state index in [4.69, 9.17) is 13.9 Å². The first kappa shape index (κ1) is 16.4. The molecule has 5 nitrogen and oxygen atoms in total. The van der Waals surface area contributed by atoms with Crippen molar-refractivity contribution < 1.29 is 18.7 Å². The SMILES string of the molecule is COc1cc(Br)c(CC(=O)N[C@@H](C)c2ccco2)cc1OC. The van der Waals surface area contributed by atoms with Crippen molar-refractivity contribution in [1.82, 2.24) is 5.32 Å². The minimum atomic E-state index is -0.179. The second-order valence-corrected chi connectivity index (χ2v) is 5.63. The van der Waals surface area contributed by atoms with Crippen molar-refractivity contribution in [2.75, 3.05) is 14.2 Å². The minimum absolute atomic E-state index is 0.100. The van der Waals surface area contributed by atoms with Gasteiger partial charge in [-0.15, -0.1) is 0 Å². The molecule has 2 aromatic rings. The van der Waals surface area contributed by atoms with Gasteiger partial charge >= 0.3 is 0 Å². The summed E-state index contributed by atoms with van der Waals surface area (Å²) in [6.07, 6.45) is 1.81. The highest BCUT2D eigenvalue weighted by Gasteiger charge is 2.15. The van der Waals surface area contributed by atoms with E-state index in [9.17, 15) is 4.79 Å². The zero-order chi connectivity index (χ0) is 16.1. The van der Waals surface area contributed by atoms with Crippen molar-refractivity contribution in [1.29, 1.82) is 0 Å². The van der Waals surface area contributed by atoms with Gasteiger partial charge in [-0.1, -0.05) is 15.9 Å². The molecule has 0 bridgehead atoms. The van der Waals surface area contributed by atoms with Gasteiger partial charge in [-0.05, 0) is 36.8 Å². The third-order valence-electron chi connectivity index (χ3n) is 3.25. The van der Waals surface area contributed by atoms with E-state index in [2.05, 4.69) is 21.2 Å². The summed E-state index contributed by atoms with van der Waals surface area (Å²) in [5, 5.41) is 2.90. The predicted molar refractivity (Wildman–Crippen MR) is 86.2 cm³/mol. The largest absolute Gasteiger partial charge is 0.493 e. The quantitative estimate of drug-likeness (QED) is 0.848. The van der Waals surface area contributed by atoms with Crippen LogP contribution >= 0.6 is 15.9 Å². The number of carbonyl (C=O) groups is 1. The van der Waals surface area contributed by atoms with Gasteiger partial charge in [0.05, 0.1) is 32.9 Å². The number of furan rings is 1. The van der Waals surface area contributed by atoms with E-state index in [0.29, 0.717) is 11.5 Å². The number of hydrogen-bond acceptors (Lipinski definition) is 4. The molecule has 2 rings (SSSR count). The summed E-state index contributed by atoms with van der Waals surface area (Å²) in [7, 11) is 3.14. The van der Waals surface area contributed by atoms with Crippen LogP contribution < -0.4 is 14.8 Å². The van der Waals surface area contributed by atoms with Gasteiger partial charge in [0.2, 0.25) is 5.91 Å². The number of benzene rings is 1. The van der Waals surface area contributed by atoms with E-state index in [1.165, 1.54) is 0 Å². The molecule has 1 aromatic carbocycles. The molecule has 0 spiro atoms. The first-order valence-electron chi connectivity index (χ1n) is 6.78. The number of hydrogen-bond donors (Lipinski definition) is 1. The Hall–Kier alpha value is -1.95. The van der Waals surface area contributed by atoms with E-state index < -0.39 is 0 Å². The van der Waals surface area contributed by atoms with Crippen molar-refractivity contribution in [3.63, 3.8) is 0 Å². The fourth-order valence-corrected chi connectivity index (χ4v) is 2.57. The summed E-state index contributed by atoms with van der Waals surface area (Å²) < 4.78 is 16.6. The molecule has 1 atom stereocenters. The maximum atomic E-state index is 12.2. The molecule has 0 aliphatic carbocycles. The zero-order valence-electron chi connectivity index (χ0n) is 12.7. The maximum absolute atomic E-state index is 12.2. The topological polar surface area (TPSA) is 60.7 Å². The van der Waals surface area contributed by atoms with E-state index in [1.807, 2.05) is 13.0 Å². The van der Waals surface area contributed by atoms with Crippen LogP contribution in [0.1, 0.15) is 24.3 Å². The average Bonchev–Trinajstić information content (AvgIpc) is 3.03. The van der Waals surface area contributed by atoms with Gasteiger partial charge in [0.1, 0.15) is 5.76 Å². The Morgan fingerprint density at radius 2 is 2.00 bits per heavy atom. The number of rotatable bonds is 6. The lowest BCUT2D eigenvalue weighted by Crippen LogP contribution is -2.28. The molecule has 0 aliphatic rings. The van der Waals surface area contributed by atoms with E-state index >= 15 is 0 Å². The van der Waals surface area contributed by atoms with Crippen LogP contribution in [0, 0.1) is 0 Å². The molecule has 0 saturated heterocycles. The molecule has 22 heavy (non-hydrogen) atoms. The molecule has 118 valence electrons. The number of ether oxygens (including phenoxy) is 2. The van der Waals surface area contributed by atoms with Crippen molar-refractivity contribution in [2.45, 2.75) is 19.4 Å². The zero-order valence-corrected chi connectivity index (χ0v) is 14.3. The van der Waals surface area contributed by atoms with Crippen LogP contribution in [-0.4, -0.2) is 20.1 Å². The molecular weight excluding hydrogens is 350 g/mol. The van der Waals surface area contributed by atoms with Gasteiger partial charge in [0, 0.05) is 4.47 Å². The maximum Gasteiger partial charge on any atom is 0.225 e. The Balaban J connectivity index is 2.08. The smallest absolute Gasteiger partial charge is 0.225 e. The Morgan fingerprint density at radius 3 is 2.59 bits per heavy atom. The number of nitrogens with one attached hydrogen (secondary N) is 1. The molecule has 0 saturated carbocycles. The van der Waals surface area contributed by atoms with Crippen molar-refractivity contribution >= 4 is 21.8 Å². The van der Waals surface area contributed by atoms with E-state index in [-0.39, 0.29) is 18.4 Å². The fourth-order valence-electron chi connectivity index (χ4n) is 2.11. The van der Waals surface area contributed by atoms with Gasteiger partial charge in [-0.25, -0.2) is 0 Å². The summed E-state index contributed by atoms with van der Waals surface area (Å²) in [6.45, 7) is 1.88. The molecular formula is C16H18BrNO4. The highest BCUT2D eigenvalue weighted by atomic mass is 79.9. The first-order chi connectivity index (χ1) is 10.5. The lowest BCUT2D eigenvalue weighted by molar-refractivity contribution is -0.121. The monoisotopic (exact) mass is 367 g/mol. The summed E-state index contributed by atoms with van der Waals surface area (Å²) in [6, 6.07) is 7.03.